The third-order valence-corrected chi connectivity index (χ3v) is 3.85. The molecule has 1 atom stereocenters. The predicted molar refractivity (Wildman–Crippen MR) is 73.6 cm³/mol. The molecule has 2 saturated heterocycles. The number of carbonyl (C=O) groups excluding carboxylic acids is 2. The smallest absolute Gasteiger partial charge is 0.410 e. The van der Waals surface area contributed by atoms with E-state index in [-0.39, 0.29) is 26.3 Å². The van der Waals surface area contributed by atoms with Gasteiger partial charge < -0.3 is 19.7 Å². The van der Waals surface area contributed by atoms with E-state index in [4.69, 9.17) is 9.47 Å². The van der Waals surface area contributed by atoms with Crippen LogP contribution in [-0.4, -0.2) is 61.0 Å². The zero-order valence-corrected chi connectivity index (χ0v) is 13.0. The lowest BCUT2D eigenvalue weighted by molar-refractivity contribution is -0.180. The van der Waals surface area contributed by atoms with Gasteiger partial charge in [-0.05, 0) is 27.7 Å². The highest BCUT2D eigenvalue weighted by Gasteiger charge is 2.68. The van der Waals surface area contributed by atoms with Crippen LogP contribution < -0.4 is 5.32 Å². The second kappa shape index (κ2) is 5.12. The number of halogens is 1. The van der Waals surface area contributed by atoms with E-state index in [1.165, 1.54) is 4.90 Å². The van der Waals surface area contributed by atoms with Crippen LogP contribution in [0.25, 0.3) is 0 Å². The van der Waals surface area contributed by atoms with Crippen LogP contribution in [0.5, 0.6) is 0 Å². The molecule has 7 heteroatoms. The second-order valence-corrected chi connectivity index (χ2v) is 6.77. The molecular weight excluding hydrogens is 279 g/mol. The molecule has 2 rings (SSSR count). The lowest BCUT2D eigenvalue weighted by Crippen LogP contribution is -2.63. The van der Waals surface area contributed by atoms with Gasteiger partial charge in [-0.3, -0.25) is 4.79 Å². The van der Waals surface area contributed by atoms with Gasteiger partial charge in [0.05, 0.1) is 25.2 Å². The summed E-state index contributed by atoms with van der Waals surface area (Å²) >= 11 is 0. The Morgan fingerprint density at radius 2 is 1.95 bits per heavy atom. The van der Waals surface area contributed by atoms with Crippen LogP contribution >= 0.6 is 0 Å². The van der Waals surface area contributed by atoms with Crippen LogP contribution in [0.3, 0.4) is 0 Å². The molecule has 0 saturated carbocycles. The molecule has 2 amide bonds. The van der Waals surface area contributed by atoms with Crippen molar-refractivity contribution in [2.75, 3.05) is 32.8 Å². The number of likely N-dealkylation sites (tertiary alicyclic amines) is 1. The number of hydrogen-bond acceptors (Lipinski definition) is 4. The molecule has 2 fully saturated rings. The number of alkyl halides is 1. The first-order valence-electron chi connectivity index (χ1n) is 7.16. The minimum absolute atomic E-state index is 0.134. The normalized spacial score (nSPS) is 27.4. The van der Waals surface area contributed by atoms with Crippen LogP contribution in [0.4, 0.5) is 9.18 Å². The summed E-state index contributed by atoms with van der Waals surface area (Å²) in [5, 5.41) is 2.51. The van der Waals surface area contributed by atoms with Crippen LogP contribution in [0, 0.1) is 5.41 Å². The molecule has 2 aliphatic heterocycles. The maximum atomic E-state index is 15.3. The van der Waals surface area contributed by atoms with E-state index in [9.17, 15) is 9.59 Å². The van der Waals surface area contributed by atoms with Crippen molar-refractivity contribution in [2.45, 2.75) is 39.0 Å². The lowest BCUT2D eigenvalue weighted by atomic mass is 9.73. The third-order valence-electron chi connectivity index (χ3n) is 3.85. The van der Waals surface area contributed by atoms with Crippen LogP contribution in [0.2, 0.25) is 0 Å². The van der Waals surface area contributed by atoms with Crippen molar-refractivity contribution in [3.63, 3.8) is 0 Å². The Labute approximate surface area is 123 Å². The molecule has 120 valence electrons. The van der Waals surface area contributed by atoms with Crippen molar-refractivity contribution in [3.05, 3.63) is 0 Å². The number of rotatable bonds is 2. The molecule has 0 aromatic rings. The summed E-state index contributed by atoms with van der Waals surface area (Å²) in [7, 11) is 0. The van der Waals surface area contributed by atoms with Crippen molar-refractivity contribution in [1.29, 1.82) is 0 Å². The van der Waals surface area contributed by atoms with E-state index >= 15 is 4.39 Å². The van der Waals surface area contributed by atoms with Gasteiger partial charge in [-0.15, -0.1) is 0 Å². The Bertz CT molecular complexity index is 445. The number of carbonyl (C=O) groups is 2. The standard InChI is InChI=1S/C14H23FN2O4/c1-5-16-10(18)14(15)7-17(6-13(14)8-20-9-13)11(19)21-12(2,3)4/h5-9H2,1-4H3,(H,16,18). The molecule has 1 unspecified atom stereocenters. The van der Waals surface area contributed by atoms with Gasteiger partial charge >= 0.3 is 6.09 Å². The molecule has 0 aromatic heterocycles. The van der Waals surface area contributed by atoms with Gasteiger partial charge in [-0.25, -0.2) is 9.18 Å². The van der Waals surface area contributed by atoms with Crippen molar-refractivity contribution < 1.29 is 23.5 Å². The van der Waals surface area contributed by atoms with E-state index in [0.29, 0.717) is 6.54 Å². The minimum atomic E-state index is -2.13. The fraction of sp³-hybridized carbons (Fsp3) is 0.857. The second-order valence-electron chi connectivity index (χ2n) is 6.77. The Hall–Kier alpha value is -1.37. The van der Waals surface area contributed by atoms with Crippen molar-refractivity contribution in [3.8, 4) is 0 Å². The topological polar surface area (TPSA) is 67.9 Å². The maximum Gasteiger partial charge on any atom is 0.410 e. The van der Waals surface area contributed by atoms with Crippen molar-refractivity contribution >= 4 is 12.0 Å². The summed E-state index contributed by atoms with van der Waals surface area (Å²) < 4.78 is 25.7. The average Bonchev–Trinajstić information content (AvgIpc) is 2.62. The Morgan fingerprint density at radius 3 is 2.38 bits per heavy atom. The SMILES string of the molecule is CCNC(=O)C1(F)CN(C(=O)OC(C)(C)C)CC12COC2. The first kappa shape index (κ1) is 16.0. The third kappa shape index (κ3) is 2.71. The maximum absolute atomic E-state index is 15.3. The van der Waals surface area contributed by atoms with Gasteiger partial charge in [0.25, 0.3) is 5.91 Å². The van der Waals surface area contributed by atoms with Gasteiger partial charge in [0.1, 0.15) is 5.60 Å². The Balaban J connectivity index is 2.16. The zero-order chi connectivity index (χ0) is 15.9. The number of nitrogens with zero attached hydrogens (tertiary/aromatic N) is 1. The molecule has 0 radical (unpaired) electrons. The molecule has 2 heterocycles. The summed E-state index contributed by atoms with van der Waals surface area (Å²) in [6.07, 6.45) is -0.599. The van der Waals surface area contributed by atoms with Crippen molar-refractivity contribution in [1.82, 2.24) is 10.2 Å². The molecule has 1 N–H and O–H groups in total. The first-order chi connectivity index (χ1) is 9.63. The predicted octanol–water partition coefficient (Wildman–Crippen LogP) is 1.10. The summed E-state index contributed by atoms with van der Waals surface area (Å²) in [6.45, 7) is 7.42. The van der Waals surface area contributed by atoms with E-state index in [2.05, 4.69) is 5.32 Å². The Morgan fingerprint density at radius 1 is 1.33 bits per heavy atom. The van der Waals surface area contributed by atoms with E-state index < -0.39 is 28.7 Å². The summed E-state index contributed by atoms with van der Waals surface area (Å²) in [5.41, 5.74) is -3.74. The molecule has 0 aromatic carbocycles. The van der Waals surface area contributed by atoms with Gasteiger partial charge in [-0.1, -0.05) is 0 Å². The first-order valence-corrected chi connectivity index (χ1v) is 7.16. The van der Waals surface area contributed by atoms with Crippen LogP contribution in [0.1, 0.15) is 27.7 Å². The van der Waals surface area contributed by atoms with Crippen molar-refractivity contribution in [2.24, 2.45) is 5.41 Å². The highest BCUT2D eigenvalue weighted by Crippen LogP contribution is 2.48. The number of amides is 2. The molecule has 1 spiro atoms. The van der Waals surface area contributed by atoms with E-state index in [0.717, 1.165) is 0 Å². The fourth-order valence-electron chi connectivity index (χ4n) is 2.71. The average molecular weight is 302 g/mol. The van der Waals surface area contributed by atoms with Gasteiger partial charge in [-0.2, -0.15) is 0 Å². The lowest BCUT2D eigenvalue weighted by Gasteiger charge is -2.44. The monoisotopic (exact) mass is 302 g/mol. The molecular formula is C14H23FN2O4. The molecule has 0 bridgehead atoms. The summed E-state index contributed by atoms with van der Waals surface area (Å²) in [6, 6.07) is 0. The summed E-state index contributed by atoms with van der Waals surface area (Å²) in [4.78, 5) is 25.5. The fourth-order valence-corrected chi connectivity index (χ4v) is 2.71. The van der Waals surface area contributed by atoms with Gasteiger partial charge in [0, 0.05) is 13.1 Å². The van der Waals surface area contributed by atoms with Crippen LogP contribution in [-0.2, 0) is 14.3 Å². The van der Waals surface area contributed by atoms with Crippen LogP contribution in [0.15, 0.2) is 0 Å². The zero-order valence-electron chi connectivity index (χ0n) is 13.0. The number of hydrogen-bond donors (Lipinski definition) is 1. The molecule has 0 aliphatic carbocycles. The number of ether oxygens (including phenoxy) is 2. The quantitative estimate of drug-likeness (QED) is 0.829. The number of nitrogens with one attached hydrogen (secondary N) is 1. The molecule has 21 heavy (non-hydrogen) atoms. The van der Waals surface area contributed by atoms with Gasteiger partial charge in [0.15, 0.2) is 0 Å². The van der Waals surface area contributed by atoms with E-state index in [1.54, 1.807) is 27.7 Å². The highest BCUT2D eigenvalue weighted by atomic mass is 19.1. The summed E-state index contributed by atoms with van der Waals surface area (Å²) in [5.74, 6) is -0.681. The minimum Gasteiger partial charge on any atom is -0.444 e. The Kier molecular flexibility index (Phi) is 3.90. The highest BCUT2D eigenvalue weighted by molar-refractivity contribution is 5.88. The largest absolute Gasteiger partial charge is 0.444 e. The molecule has 2 aliphatic rings. The van der Waals surface area contributed by atoms with Gasteiger partial charge in [0.2, 0.25) is 5.67 Å². The van der Waals surface area contributed by atoms with E-state index in [1.807, 2.05) is 0 Å². The molecule has 6 nitrogen and oxygen atoms in total.